The first-order valence-corrected chi connectivity index (χ1v) is 6.67. The summed E-state index contributed by atoms with van der Waals surface area (Å²) in [6.45, 7) is 26.2. The predicted molar refractivity (Wildman–Crippen MR) is 90.1 cm³/mol. The van der Waals surface area contributed by atoms with Crippen molar-refractivity contribution >= 4 is 25.3 Å². The van der Waals surface area contributed by atoms with E-state index in [1.54, 1.807) is 0 Å². The molecule has 0 N–H and O–H groups in total. The Labute approximate surface area is 179 Å². The summed E-state index contributed by atoms with van der Waals surface area (Å²) >= 11 is 6.32. The molecule has 0 aliphatic heterocycles. The molecule has 24 heavy (non-hydrogen) atoms. The summed E-state index contributed by atoms with van der Waals surface area (Å²) in [5, 5.41) is 5.74. The average molecular weight is 454 g/mol. The smallest absolute Gasteiger partial charge is 4.00 e. The third kappa shape index (κ3) is 67.5. The van der Waals surface area contributed by atoms with Crippen LogP contribution in [0.2, 0.25) is 0 Å². The molecular weight excluding hydrogens is 432 g/mol. The first-order chi connectivity index (χ1) is 10.7. The Balaban J connectivity index is -0.0000000237. The topological polar surface area (TPSA) is 79.6 Å². The molecule has 0 rings (SSSR count). The zero-order valence-corrected chi connectivity index (χ0v) is 18.1. The molecule has 0 saturated heterocycles. The van der Waals surface area contributed by atoms with E-state index in [0.29, 0.717) is 0 Å². The normalized spacial score (nSPS) is 7.08. The van der Waals surface area contributed by atoms with Crippen LogP contribution in [0.3, 0.4) is 0 Å². The Kier molecular flexibility index (Phi) is 160. The van der Waals surface area contributed by atoms with Crippen molar-refractivity contribution in [3.05, 3.63) is 61.4 Å². The van der Waals surface area contributed by atoms with Gasteiger partial charge in [-0.1, -0.05) is 26.7 Å². The minimum absolute atomic E-state index is 0. The van der Waals surface area contributed by atoms with E-state index in [9.17, 15) is 0 Å². The molecule has 0 spiro atoms. The van der Waals surface area contributed by atoms with E-state index in [1.807, 2.05) is 26.7 Å². The van der Waals surface area contributed by atoms with Crippen LogP contribution in [0.15, 0.2) is 11.1 Å². The van der Waals surface area contributed by atoms with E-state index in [-0.39, 0.29) is 34.1 Å². The quantitative estimate of drug-likeness (QED) is 0.356. The van der Waals surface area contributed by atoms with Gasteiger partial charge in [-0.05, 0) is 0 Å². The fourth-order valence-electron chi connectivity index (χ4n) is 0.729. The Hall–Kier alpha value is -0.0810. The van der Waals surface area contributed by atoms with E-state index in [0.717, 1.165) is 12.8 Å². The third-order valence-electron chi connectivity index (χ3n) is 1.78. The maximum Gasteiger partial charge on any atom is 4.00 e. The summed E-state index contributed by atoms with van der Waals surface area (Å²) < 4.78 is 30.0. The summed E-state index contributed by atoms with van der Waals surface area (Å²) in [6, 6.07) is 0. The average Bonchev–Trinajstić information content (AvgIpc) is 2.65. The van der Waals surface area contributed by atoms with E-state index in [2.05, 4.69) is 76.5 Å². The number of rotatable bonds is 4. The summed E-state index contributed by atoms with van der Waals surface area (Å²) in [6.07, 6.45) is 6.18. The summed E-state index contributed by atoms with van der Waals surface area (Å²) in [5.41, 5.74) is 2.44. The molecule has 0 radical (unpaired) electrons. The van der Waals surface area contributed by atoms with Crippen molar-refractivity contribution < 1.29 is 52.7 Å². The molecular formula is C16H22Fe2O4S2+6. The van der Waals surface area contributed by atoms with Crippen molar-refractivity contribution in [1.29, 1.82) is 0 Å². The second-order valence-corrected chi connectivity index (χ2v) is 3.08. The SMILES string of the molecule is C[CH-]C(=[C-][SH2+])CC.C[CH-]C(=[C-][SH2+])CC.[C-]#[O+].[C-]#[O+].[C-]#[O+].[C-]#[O+].[Fe+4].[Fe+4]. The van der Waals surface area contributed by atoms with Gasteiger partial charge in [0, 0.05) is 0 Å². The molecule has 0 amide bonds. The fourth-order valence-corrected chi connectivity index (χ4v) is 1.37. The standard InChI is InChI=1S/2C6H11S.4CO.2Fe/c2*1-3-6(4-2)5-7;4*1-2;;/h2*3H,4,7H2,1-2H3;;;;;;/q2*-1;;;;;2*+4. The molecule has 4 nitrogen and oxygen atoms in total. The van der Waals surface area contributed by atoms with Gasteiger partial charge in [0.05, 0.1) is 0 Å². The van der Waals surface area contributed by atoms with E-state index < -0.39 is 0 Å². The van der Waals surface area contributed by atoms with Gasteiger partial charge in [0.15, 0.2) is 0 Å². The van der Waals surface area contributed by atoms with Gasteiger partial charge in [-0.15, -0.1) is 0 Å². The molecule has 8 heteroatoms. The molecule has 0 atom stereocenters. The largest absolute Gasteiger partial charge is 4.00 e. The van der Waals surface area contributed by atoms with Crippen LogP contribution in [0.4, 0.5) is 0 Å². The number of hydrogen-bond acceptors (Lipinski definition) is 0. The van der Waals surface area contributed by atoms with E-state index in [4.69, 9.17) is 18.6 Å². The molecule has 0 unspecified atom stereocenters. The summed E-state index contributed by atoms with van der Waals surface area (Å²) in [5.74, 6) is 0. The van der Waals surface area contributed by atoms with Crippen LogP contribution in [0, 0.1) is 50.3 Å². The maximum absolute atomic E-state index is 7.50. The maximum atomic E-state index is 7.50. The van der Waals surface area contributed by atoms with Gasteiger partial charge < -0.3 is 24.0 Å². The van der Waals surface area contributed by atoms with E-state index in [1.165, 1.54) is 11.1 Å². The van der Waals surface area contributed by atoms with E-state index >= 15 is 0 Å². The van der Waals surface area contributed by atoms with Crippen molar-refractivity contribution in [2.75, 3.05) is 0 Å². The van der Waals surface area contributed by atoms with Crippen LogP contribution in [0.5, 0.6) is 0 Å². The molecule has 0 aromatic carbocycles. The zero-order chi connectivity index (χ0) is 19.4. The summed E-state index contributed by atoms with van der Waals surface area (Å²) in [7, 11) is 0. The van der Waals surface area contributed by atoms with Gasteiger partial charge in [0.1, 0.15) is 0 Å². The van der Waals surface area contributed by atoms with Crippen LogP contribution >= 0.6 is 0 Å². The minimum atomic E-state index is 0. The van der Waals surface area contributed by atoms with Crippen LogP contribution < -0.4 is 0 Å². The van der Waals surface area contributed by atoms with Gasteiger partial charge >= 0.3 is 79.3 Å². The van der Waals surface area contributed by atoms with Crippen molar-refractivity contribution in [2.24, 2.45) is 0 Å². The van der Waals surface area contributed by atoms with Crippen LogP contribution in [-0.4, -0.2) is 0 Å². The summed E-state index contributed by atoms with van der Waals surface area (Å²) in [4.78, 5) is 0. The fraction of sp³-hybridized carbons (Fsp3) is 0.375. The first kappa shape index (κ1) is 49.6. The molecule has 0 aromatic rings. The second-order valence-electron chi connectivity index (χ2n) is 2.58. The van der Waals surface area contributed by atoms with Gasteiger partial charge in [-0.2, -0.15) is 39.1 Å². The molecule has 132 valence electrons. The Bertz CT molecular complexity index is 267. The van der Waals surface area contributed by atoms with Crippen molar-refractivity contribution in [3.63, 3.8) is 0 Å². The molecule has 0 bridgehead atoms. The van der Waals surface area contributed by atoms with Crippen LogP contribution in [-0.2, 0) is 78.0 Å². The molecule has 0 heterocycles. The number of hydrogen-bond donors (Lipinski definition) is 0. The molecule has 0 saturated carbocycles. The predicted octanol–water partition coefficient (Wildman–Crippen LogP) is 2.48. The van der Waals surface area contributed by atoms with Gasteiger partial charge in [0.25, 0.3) is 0 Å². The van der Waals surface area contributed by atoms with Crippen molar-refractivity contribution in [2.45, 2.75) is 40.5 Å². The molecule has 0 aromatic heterocycles. The van der Waals surface area contributed by atoms with Crippen molar-refractivity contribution in [3.8, 4) is 0 Å². The van der Waals surface area contributed by atoms with Gasteiger partial charge in [-0.25, -0.2) is 0 Å². The zero-order valence-electron chi connectivity index (χ0n) is 13.9. The Morgan fingerprint density at radius 2 is 0.875 bits per heavy atom. The molecule has 0 aliphatic rings. The molecule has 0 aliphatic carbocycles. The first-order valence-electron chi connectivity index (χ1n) is 5.67. The number of allylic oxidation sites excluding steroid dienone is 2. The van der Waals surface area contributed by atoms with Crippen LogP contribution in [0.1, 0.15) is 40.5 Å². The molecule has 0 fully saturated rings. The Morgan fingerprint density at radius 3 is 0.875 bits per heavy atom. The Morgan fingerprint density at radius 1 is 0.708 bits per heavy atom. The minimum Gasteiger partial charge on any atom is 4.00 e. The third-order valence-corrected chi connectivity index (χ3v) is 2.42. The second kappa shape index (κ2) is 77.5. The monoisotopic (exact) mass is 454 g/mol. The van der Waals surface area contributed by atoms with Crippen molar-refractivity contribution in [1.82, 2.24) is 0 Å². The van der Waals surface area contributed by atoms with Gasteiger partial charge in [0.2, 0.25) is 0 Å². The van der Waals surface area contributed by atoms with Crippen LogP contribution in [0.25, 0.3) is 0 Å². The van der Waals surface area contributed by atoms with Gasteiger partial charge in [-0.3, -0.25) is 10.8 Å².